The SMILES string of the molecule is CC(C)NC(=O)C(C)N1C(=O)NC(=O)C1=O. The molecule has 0 bridgehead atoms. The molecule has 0 aromatic carbocycles. The van der Waals surface area contributed by atoms with Crippen LogP contribution in [0.1, 0.15) is 20.8 Å². The van der Waals surface area contributed by atoms with E-state index in [4.69, 9.17) is 0 Å². The van der Waals surface area contributed by atoms with Crippen molar-refractivity contribution in [1.29, 1.82) is 0 Å². The van der Waals surface area contributed by atoms with Gasteiger partial charge in [0.05, 0.1) is 0 Å². The van der Waals surface area contributed by atoms with Crippen LogP contribution in [0.3, 0.4) is 0 Å². The van der Waals surface area contributed by atoms with Crippen molar-refractivity contribution in [2.75, 3.05) is 0 Å². The average Bonchev–Trinajstić information content (AvgIpc) is 2.39. The monoisotopic (exact) mass is 227 g/mol. The molecule has 16 heavy (non-hydrogen) atoms. The summed E-state index contributed by atoms with van der Waals surface area (Å²) in [7, 11) is 0. The lowest BCUT2D eigenvalue weighted by molar-refractivity contribution is -0.143. The molecule has 0 saturated carbocycles. The molecule has 1 unspecified atom stereocenters. The number of hydrogen-bond acceptors (Lipinski definition) is 4. The molecule has 0 aliphatic carbocycles. The first-order valence-electron chi connectivity index (χ1n) is 4.83. The largest absolute Gasteiger partial charge is 0.352 e. The molecule has 88 valence electrons. The maximum absolute atomic E-state index is 11.5. The first-order valence-corrected chi connectivity index (χ1v) is 4.83. The van der Waals surface area contributed by atoms with Gasteiger partial charge in [-0.2, -0.15) is 0 Å². The van der Waals surface area contributed by atoms with Gasteiger partial charge in [0.15, 0.2) is 0 Å². The minimum absolute atomic E-state index is 0.105. The minimum atomic E-state index is -1.01. The highest BCUT2D eigenvalue weighted by atomic mass is 16.2. The Morgan fingerprint density at radius 3 is 2.19 bits per heavy atom. The second-order valence-electron chi connectivity index (χ2n) is 3.77. The standard InChI is InChI=1S/C9H13N3O4/c1-4(2)10-6(13)5(3)12-8(15)7(14)11-9(12)16/h4-5H,1-3H3,(H,10,13)(H,11,14,16). The van der Waals surface area contributed by atoms with Crippen LogP contribution in [0.25, 0.3) is 0 Å². The minimum Gasteiger partial charge on any atom is -0.352 e. The van der Waals surface area contributed by atoms with Crippen LogP contribution in [0.5, 0.6) is 0 Å². The van der Waals surface area contributed by atoms with E-state index in [2.05, 4.69) is 5.32 Å². The second-order valence-corrected chi connectivity index (χ2v) is 3.77. The number of carbonyl (C=O) groups excluding carboxylic acids is 4. The zero-order chi connectivity index (χ0) is 12.5. The maximum Gasteiger partial charge on any atom is 0.332 e. The zero-order valence-electron chi connectivity index (χ0n) is 9.23. The van der Waals surface area contributed by atoms with Crippen LogP contribution in [0.2, 0.25) is 0 Å². The van der Waals surface area contributed by atoms with Crippen molar-refractivity contribution in [2.45, 2.75) is 32.9 Å². The lowest BCUT2D eigenvalue weighted by Gasteiger charge is -2.20. The van der Waals surface area contributed by atoms with Gasteiger partial charge in [0, 0.05) is 6.04 Å². The van der Waals surface area contributed by atoms with Crippen LogP contribution < -0.4 is 10.6 Å². The summed E-state index contributed by atoms with van der Waals surface area (Å²) in [5, 5.41) is 4.38. The normalized spacial score (nSPS) is 17.8. The summed E-state index contributed by atoms with van der Waals surface area (Å²) >= 11 is 0. The van der Waals surface area contributed by atoms with Crippen LogP contribution in [-0.2, 0) is 14.4 Å². The van der Waals surface area contributed by atoms with E-state index in [0.29, 0.717) is 4.90 Å². The van der Waals surface area contributed by atoms with Crippen molar-refractivity contribution >= 4 is 23.8 Å². The van der Waals surface area contributed by atoms with Crippen molar-refractivity contribution in [2.24, 2.45) is 0 Å². The second kappa shape index (κ2) is 4.30. The Hall–Kier alpha value is -1.92. The Morgan fingerprint density at radius 2 is 1.81 bits per heavy atom. The number of nitrogens with zero attached hydrogens (tertiary/aromatic N) is 1. The van der Waals surface area contributed by atoms with E-state index >= 15 is 0 Å². The van der Waals surface area contributed by atoms with Crippen LogP contribution in [0, 0.1) is 0 Å². The van der Waals surface area contributed by atoms with Gasteiger partial charge in [-0.3, -0.25) is 19.7 Å². The molecule has 1 atom stereocenters. The van der Waals surface area contributed by atoms with Crippen molar-refractivity contribution in [3.05, 3.63) is 0 Å². The van der Waals surface area contributed by atoms with Gasteiger partial charge in [0.2, 0.25) is 5.91 Å². The van der Waals surface area contributed by atoms with Crippen LogP contribution in [-0.4, -0.2) is 40.7 Å². The molecule has 0 aromatic heterocycles. The summed E-state index contributed by atoms with van der Waals surface area (Å²) in [4.78, 5) is 45.5. The Bertz CT molecular complexity index is 364. The summed E-state index contributed by atoms with van der Waals surface area (Å²) in [6.45, 7) is 4.89. The van der Waals surface area contributed by atoms with Crippen LogP contribution in [0.15, 0.2) is 0 Å². The molecule has 1 heterocycles. The fraction of sp³-hybridized carbons (Fsp3) is 0.556. The molecule has 7 nitrogen and oxygen atoms in total. The summed E-state index contributed by atoms with van der Waals surface area (Å²) in [5.41, 5.74) is 0. The molecule has 1 saturated heterocycles. The first kappa shape index (κ1) is 12.2. The smallest absolute Gasteiger partial charge is 0.332 e. The fourth-order valence-electron chi connectivity index (χ4n) is 1.29. The van der Waals surface area contributed by atoms with Crippen molar-refractivity contribution in [3.63, 3.8) is 0 Å². The van der Waals surface area contributed by atoms with Gasteiger partial charge < -0.3 is 5.32 Å². The highest BCUT2D eigenvalue weighted by Gasteiger charge is 2.42. The number of imide groups is 2. The van der Waals surface area contributed by atoms with Gasteiger partial charge in [0.25, 0.3) is 0 Å². The van der Waals surface area contributed by atoms with Gasteiger partial charge in [-0.15, -0.1) is 0 Å². The van der Waals surface area contributed by atoms with Gasteiger partial charge >= 0.3 is 17.8 Å². The Morgan fingerprint density at radius 1 is 1.25 bits per heavy atom. The van der Waals surface area contributed by atoms with E-state index in [1.54, 1.807) is 13.8 Å². The molecule has 0 spiro atoms. The summed E-state index contributed by atoms with van der Waals surface area (Å²) in [6, 6.07) is -1.96. The Labute approximate surface area is 92.2 Å². The molecule has 1 aliphatic rings. The number of urea groups is 1. The number of hydrogen-bond donors (Lipinski definition) is 2. The lowest BCUT2D eigenvalue weighted by atomic mass is 10.2. The van der Waals surface area contributed by atoms with Crippen LogP contribution in [0.4, 0.5) is 4.79 Å². The molecule has 1 fully saturated rings. The maximum atomic E-state index is 11.5. The predicted octanol–water partition coefficient (Wildman–Crippen LogP) is -1.02. The topological polar surface area (TPSA) is 95.6 Å². The average molecular weight is 227 g/mol. The van der Waals surface area contributed by atoms with Gasteiger partial charge in [0.1, 0.15) is 6.04 Å². The summed E-state index contributed by atoms with van der Waals surface area (Å²) in [5.74, 6) is -2.49. The Balaban J connectivity index is 2.77. The fourth-order valence-corrected chi connectivity index (χ4v) is 1.29. The quantitative estimate of drug-likeness (QED) is 0.476. The molecule has 5 amide bonds. The van der Waals surface area contributed by atoms with Crippen molar-refractivity contribution in [3.8, 4) is 0 Å². The van der Waals surface area contributed by atoms with Crippen LogP contribution >= 0.6 is 0 Å². The van der Waals surface area contributed by atoms with E-state index in [-0.39, 0.29) is 6.04 Å². The Kier molecular flexibility index (Phi) is 3.26. The van der Waals surface area contributed by atoms with Gasteiger partial charge in [-0.25, -0.2) is 9.69 Å². The molecule has 1 rings (SSSR count). The number of rotatable bonds is 3. The summed E-state index contributed by atoms with van der Waals surface area (Å²) < 4.78 is 0. The number of carbonyl (C=O) groups is 4. The number of amides is 5. The third kappa shape index (κ3) is 2.18. The van der Waals surface area contributed by atoms with Crippen molar-refractivity contribution < 1.29 is 19.2 Å². The molecule has 0 radical (unpaired) electrons. The predicted molar refractivity (Wildman–Crippen MR) is 53.1 cm³/mol. The van der Waals surface area contributed by atoms with E-state index in [0.717, 1.165) is 0 Å². The summed E-state index contributed by atoms with van der Waals surface area (Å²) in [6.07, 6.45) is 0. The molecule has 7 heteroatoms. The lowest BCUT2D eigenvalue weighted by Crippen LogP contribution is -2.49. The van der Waals surface area contributed by atoms with Crippen molar-refractivity contribution in [1.82, 2.24) is 15.5 Å². The molecular weight excluding hydrogens is 214 g/mol. The highest BCUT2D eigenvalue weighted by Crippen LogP contribution is 2.07. The first-order chi connectivity index (χ1) is 7.34. The number of nitrogens with one attached hydrogen (secondary N) is 2. The zero-order valence-corrected chi connectivity index (χ0v) is 9.23. The molecular formula is C9H13N3O4. The third-order valence-corrected chi connectivity index (χ3v) is 2.05. The van der Waals surface area contributed by atoms with E-state index in [1.165, 1.54) is 6.92 Å². The molecule has 2 N–H and O–H groups in total. The molecule has 1 aliphatic heterocycles. The van der Waals surface area contributed by atoms with Gasteiger partial charge in [-0.05, 0) is 20.8 Å². The van der Waals surface area contributed by atoms with E-state index in [9.17, 15) is 19.2 Å². The third-order valence-electron chi connectivity index (χ3n) is 2.05. The van der Waals surface area contributed by atoms with Gasteiger partial charge in [-0.1, -0.05) is 0 Å². The molecule has 0 aromatic rings. The highest BCUT2D eigenvalue weighted by molar-refractivity contribution is 6.45. The van der Waals surface area contributed by atoms with E-state index < -0.39 is 29.8 Å². The van der Waals surface area contributed by atoms with E-state index in [1.807, 2.05) is 5.32 Å².